The van der Waals surface area contributed by atoms with E-state index >= 15 is 0 Å². The topological polar surface area (TPSA) is 69.0 Å². The van der Waals surface area contributed by atoms with Gasteiger partial charge in [-0.2, -0.15) is 0 Å². The molecule has 1 spiro atoms. The molecule has 6 heteroatoms. The summed E-state index contributed by atoms with van der Waals surface area (Å²) in [5.74, 6) is 1.30. The Hall–Kier alpha value is -4.32. The van der Waals surface area contributed by atoms with E-state index in [0.29, 0.717) is 24.4 Å². The molecule has 0 N–H and O–H groups in total. The summed E-state index contributed by atoms with van der Waals surface area (Å²) in [6.45, 7) is 2.97. The molecular weight excluding hydrogens is 466 g/mol. The third kappa shape index (κ3) is 4.62. The molecule has 1 amide bonds. The normalized spacial score (nSPS) is 15.9. The fourth-order valence-electron chi connectivity index (χ4n) is 5.11. The molecule has 6 rings (SSSR count). The number of ether oxygens (including phenoxy) is 2. The van der Waals surface area contributed by atoms with Crippen molar-refractivity contribution < 1.29 is 18.7 Å². The van der Waals surface area contributed by atoms with Crippen molar-refractivity contribution in [3.63, 3.8) is 0 Å². The molecule has 2 aliphatic rings. The monoisotopic (exact) mass is 493 g/mol. The number of hydrogen-bond acceptors (Lipinski definition) is 5. The van der Waals surface area contributed by atoms with Gasteiger partial charge in [0, 0.05) is 49.0 Å². The van der Waals surface area contributed by atoms with Gasteiger partial charge >= 0.3 is 5.63 Å². The van der Waals surface area contributed by atoms with E-state index in [1.807, 2.05) is 42.2 Å². The van der Waals surface area contributed by atoms with Crippen LogP contribution in [0.4, 0.5) is 0 Å². The standard InChI is InChI=1S/C31H27NO5/c1-21-17-30(34)36-28-19-25(8-9-26(21)28)35-20-29(33)32-15-13-31(14-16-32)12-11-24-18-23(7-10-27(24)37-31)22-5-3-2-4-6-22/h2-12,17-19H,13-16,20H2,1H3. The van der Waals surface area contributed by atoms with E-state index in [-0.39, 0.29) is 12.5 Å². The predicted molar refractivity (Wildman–Crippen MR) is 143 cm³/mol. The molecule has 3 aromatic carbocycles. The maximum atomic E-state index is 12.9. The molecule has 3 heterocycles. The van der Waals surface area contributed by atoms with Crippen molar-refractivity contribution in [2.24, 2.45) is 0 Å². The average Bonchev–Trinajstić information content (AvgIpc) is 2.92. The second-order valence-corrected chi connectivity index (χ2v) is 9.69. The lowest BCUT2D eigenvalue weighted by molar-refractivity contribution is -0.136. The van der Waals surface area contributed by atoms with E-state index in [1.54, 1.807) is 12.1 Å². The molecule has 0 aliphatic carbocycles. The first-order valence-electron chi connectivity index (χ1n) is 12.5. The Bertz CT molecular complexity index is 1560. The summed E-state index contributed by atoms with van der Waals surface area (Å²) in [5, 5.41) is 0.845. The van der Waals surface area contributed by atoms with Crippen LogP contribution >= 0.6 is 0 Å². The maximum Gasteiger partial charge on any atom is 0.336 e. The number of amides is 1. The number of carbonyl (C=O) groups excluding carboxylic acids is 1. The van der Waals surface area contributed by atoms with Gasteiger partial charge in [0.05, 0.1) is 0 Å². The second-order valence-electron chi connectivity index (χ2n) is 9.69. The molecular formula is C31H27NO5. The molecule has 6 nitrogen and oxygen atoms in total. The molecule has 37 heavy (non-hydrogen) atoms. The number of benzene rings is 3. The molecule has 0 radical (unpaired) electrons. The van der Waals surface area contributed by atoms with Gasteiger partial charge < -0.3 is 18.8 Å². The van der Waals surface area contributed by atoms with Gasteiger partial charge in [0.25, 0.3) is 5.91 Å². The summed E-state index contributed by atoms with van der Waals surface area (Å²) < 4.78 is 17.5. The number of rotatable bonds is 4. The highest BCUT2D eigenvalue weighted by atomic mass is 16.5. The summed E-state index contributed by atoms with van der Waals surface area (Å²) in [6, 6.07) is 23.3. The predicted octanol–water partition coefficient (Wildman–Crippen LogP) is 5.61. The Morgan fingerprint density at radius 2 is 1.78 bits per heavy atom. The van der Waals surface area contributed by atoms with Gasteiger partial charge in [-0.1, -0.05) is 42.5 Å². The number of nitrogens with zero attached hydrogens (tertiary/aromatic N) is 1. The Balaban J connectivity index is 1.07. The molecule has 0 saturated carbocycles. The summed E-state index contributed by atoms with van der Waals surface area (Å²) in [5.41, 5.74) is 3.90. The van der Waals surface area contributed by atoms with Gasteiger partial charge in [0.1, 0.15) is 22.7 Å². The number of hydrogen-bond donors (Lipinski definition) is 0. The minimum absolute atomic E-state index is 0.0731. The molecule has 1 saturated heterocycles. The van der Waals surface area contributed by atoms with Crippen molar-refractivity contribution in [1.29, 1.82) is 0 Å². The van der Waals surface area contributed by atoms with Crippen molar-refractivity contribution in [3.05, 3.63) is 100 Å². The zero-order valence-corrected chi connectivity index (χ0v) is 20.6. The highest BCUT2D eigenvalue weighted by molar-refractivity contribution is 5.82. The van der Waals surface area contributed by atoms with Gasteiger partial charge in [-0.05, 0) is 54.0 Å². The van der Waals surface area contributed by atoms with Crippen molar-refractivity contribution in [1.82, 2.24) is 4.90 Å². The zero-order chi connectivity index (χ0) is 25.4. The smallest absolute Gasteiger partial charge is 0.336 e. The molecule has 0 atom stereocenters. The molecule has 4 aromatic rings. The maximum absolute atomic E-state index is 12.9. The number of carbonyl (C=O) groups is 1. The molecule has 1 fully saturated rings. The highest BCUT2D eigenvalue weighted by Crippen LogP contribution is 2.38. The minimum Gasteiger partial charge on any atom is -0.484 e. The second kappa shape index (κ2) is 9.28. The van der Waals surface area contributed by atoms with Crippen LogP contribution in [0.25, 0.3) is 28.2 Å². The lowest BCUT2D eigenvalue weighted by Crippen LogP contribution is -2.50. The molecule has 1 aromatic heterocycles. The van der Waals surface area contributed by atoms with E-state index in [9.17, 15) is 9.59 Å². The van der Waals surface area contributed by atoms with Crippen molar-refractivity contribution in [2.75, 3.05) is 19.7 Å². The lowest BCUT2D eigenvalue weighted by Gasteiger charge is -2.42. The third-order valence-electron chi connectivity index (χ3n) is 7.24. The van der Waals surface area contributed by atoms with Crippen LogP contribution in [0.5, 0.6) is 11.5 Å². The van der Waals surface area contributed by atoms with Crippen LogP contribution in [-0.4, -0.2) is 36.1 Å². The van der Waals surface area contributed by atoms with Crippen LogP contribution in [0.2, 0.25) is 0 Å². The first kappa shape index (κ1) is 23.1. The summed E-state index contributed by atoms with van der Waals surface area (Å²) in [4.78, 5) is 26.3. The molecule has 0 unspecified atom stereocenters. The molecule has 0 bridgehead atoms. The summed E-state index contributed by atoms with van der Waals surface area (Å²) >= 11 is 0. The number of aryl methyl sites for hydroxylation is 1. The Morgan fingerprint density at radius 1 is 0.973 bits per heavy atom. The van der Waals surface area contributed by atoms with E-state index < -0.39 is 11.2 Å². The van der Waals surface area contributed by atoms with Gasteiger partial charge in [-0.15, -0.1) is 0 Å². The average molecular weight is 494 g/mol. The van der Waals surface area contributed by atoms with Crippen LogP contribution < -0.4 is 15.1 Å². The Morgan fingerprint density at radius 3 is 2.59 bits per heavy atom. The van der Waals surface area contributed by atoms with Crippen molar-refractivity contribution in [3.8, 4) is 22.6 Å². The van der Waals surface area contributed by atoms with Crippen LogP contribution in [0.1, 0.15) is 24.0 Å². The fraction of sp³-hybridized carbons (Fsp3) is 0.226. The fourth-order valence-corrected chi connectivity index (χ4v) is 5.11. The van der Waals surface area contributed by atoms with E-state index in [0.717, 1.165) is 40.7 Å². The highest BCUT2D eigenvalue weighted by Gasteiger charge is 2.38. The van der Waals surface area contributed by atoms with Gasteiger partial charge in [0.2, 0.25) is 0 Å². The number of fused-ring (bicyclic) bond motifs is 2. The molecule has 186 valence electrons. The van der Waals surface area contributed by atoms with Crippen LogP contribution in [0.15, 0.2) is 88.1 Å². The summed E-state index contributed by atoms with van der Waals surface area (Å²) in [6.07, 6.45) is 5.73. The van der Waals surface area contributed by atoms with Gasteiger partial charge in [0.15, 0.2) is 6.61 Å². The number of piperidine rings is 1. The van der Waals surface area contributed by atoms with Crippen LogP contribution in [0.3, 0.4) is 0 Å². The van der Waals surface area contributed by atoms with E-state index in [1.165, 1.54) is 11.6 Å². The zero-order valence-electron chi connectivity index (χ0n) is 20.6. The van der Waals surface area contributed by atoms with Gasteiger partial charge in [-0.25, -0.2) is 4.79 Å². The summed E-state index contributed by atoms with van der Waals surface area (Å²) in [7, 11) is 0. The third-order valence-corrected chi connectivity index (χ3v) is 7.24. The van der Waals surface area contributed by atoms with Crippen molar-refractivity contribution >= 4 is 23.0 Å². The number of likely N-dealkylation sites (tertiary alicyclic amines) is 1. The van der Waals surface area contributed by atoms with Gasteiger partial charge in [-0.3, -0.25) is 4.79 Å². The largest absolute Gasteiger partial charge is 0.484 e. The van der Waals surface area contributed by atoms with E-state index in [4.69, 9.17) is 13.9 Å². The SMILES string of the molecule is Cc1cc(=O)oc2cc(OCC(=O)N3CCC4(C=Cc5cc(-c6ccccc6)ccc5O4)CC3)ccc12. The molecule has 2 aliphatic heterocycles. The quantitative estimate of drug-likeness (QED) is 0.346. The lowest BCUT2D eigenvalue weighted by atomic mass is 9.87. The first-order chi connectivity index (χ1) is 18.0. The van der Waals surface area contributed by atoms with Crippen molar-refractivity contribution in [2.45, 2.75) is 25.4 Å². The Kier molecular flexibility index (Phi) is 5.80. The first-order valence-corrected chi connectivity index (χ1v) is 12.5. The van der Waals surface area contributed by atoms with E-state index in [2.05, 4.69) is 36.4 Å². The Labute approximate surface area is 214 Å². The minimum atomic E-state index is -0.404. The van der Waals surface area contributed by atoms with Crippen LogP contribution in [-0.2, 0) is 4.79 Å². The van der Waals surface area contributed by atoms with Crippen LogP contribution in [0, 0.1) is 6.92 Å².